The average molecular weight is 304 g/mol. The molecule has 0 heterocycles. The Labute approximate surface area is 111 Å². The Morgan fingerprint density at radius 1 is 1.35 bits per heavy atom. The van der Waals surface area contributed by atoms with Gasteiger partial charge in [-0.3, -0.25) is 0 Å². The second kappa shape index (κ2) is 8.61. The number of hydrogen-bond acceptors (Lipinski definition) is 2. The van der Waals surface area contributed by atoms with Crippen LogP contribution in [0.5, 0.6) is 0 Å². The highest BCUT2D eigenvalue weighted by molar-refractivity contribution is 9.10. The van der Waals surface area contributed by atoms with Crippen LogP contribution in [0.4, 0.5) is 4.39 Å². The maximum atomic E-state index is 13.0. The minimum absolute atomic E-state index is 0.225. The van der Waals surface area contributed by atoms with Gasteiger partial charge in [0.15, 0.2) is 0 Å². The van der Waals surface area contributed by atoms with Gasteiger partial charge in [0.2, 0.25) is 0 Å². The van der Waals surface area contributed by atoms with Gasteiger partial charge in [-0.25, -0.2) is 4.39 Å². The molecule has 1 aromatic carbocycles. The zero-order valence-corrected chi connectivity index (χ0v) is 11.7. The molecule has 0 aliphatic heterocycles. The molecule has 0 saturated heterocycles. The van der Waals surface area contributed by atoms with Crippen LogP contribution >= 0.6 is 15.9 Å². The van der Waals surface area contributed by atoms with Crippen molar-refractivity contribution in [1.82, 2.24) is 5.32 Å². The molecule has 0 radical (unpaired) electrons. The number of nitrogens with one attached hydrogen (secondary N) is 1. The number of benzene rings is 1. The van der Waals surface area contributed by atoms with Gasteiger partial charge in [0.25, 0.3) is 0 Å². The molecule has 0 aromatic heterocycles. The van der Waals surface area contributed by atoms with Crippen molar-refractivity contribution in [3.8, 4) is 0 Å². The zero-order valence-electron chi connectivity index (χ0n) is 10.1. The summed E-state index contributed by atoms with van der Waals surface area (Å²) in [6.45, 7) is 5.26. The van der Waals surface area contributed by atoms with Crippen molar-refractivity contribution in [2.75, 3.05) is 19.8 Å². The van der Waals surface area contributed by atoms with E-state index < -0.39 is 0 Å². The predicted molar refractivity (Wildman–Crippen MR) is 71.5 cm³/mol. The third-order valence-corrected chi connectivity index (χ3v) is 2.99. The molecule has 0 fully saturated rings. The van der Waals surface area contributed by atoms with E-state index in [4.69, 9.17) is 4.74 Å². The Balaban J connectivity index is 2.11. The molecule has 0 amide bonds. The summed E-state index contributed by atoms with van der Waals surface area (Å²) in [5, 5.41) is 3.26. The van der Waals surface area contributed by atoms with Gasteiger partial charge < -0.3 is 10.1 Å². The molecule has 1 aromatic rings. The smallest absolute Gasteiger partial charge is 0.137 e. The second-order valence-corrected chi connectivity index (χ2v) is 4.75. The summed E-state index contributed by atoms with van der Waals surface area (Å²) >= 11 is 3.17. The van der Waals surface area contributed by atoms with Crippen molar-refractivity contribution in [3.05, 3.63) is 34.1 Å². The van der Waals surface area contributed by atoms with E-state index in [1.54, 1.807) is 12.1 Å². The summed E-state index contributed by atoms with van der Waals surface area (Å²) in [7, 11) is 0. The molecule has 96 valence electrons. The van der Waals surface area contributed by atoms with Crippen molar-refractivity contribution in [2.24, 2.45) is 0 Å². The summed E-state index contributed by atoms with van der Waals surface area (Å²) in [5.41, 5.74) is 1.06. The molecule has 0 aliphatic carbocycles. The maximum absolute atomic E-state index is 13.0. The molecule has 0 saturated carbocycles. The van der Waals surface area contributed by atoms with E-state index in [1.165, 1.54) is 6.07 Å². The molecule has 17 heavy (non-hydrogen) atoms. The van der Waals surface area contributed by atoms with Crippen molar-refractivity contribution in [2.45, 2.75) is 26.3 Å². The maximum Gasteiger partial charge on any atom is 0.137 e. The average Bonchev–Trinajstić information content (AvgIpc) is 2.32. The van der Waals surface area contributed by atoms with Crippen LogP contribution in [0.15, 0.2) is 22.7 Å². The number of hydrogen-bond donors (Lipinski definition) is 1. The van der Waals surface area contributed by atoms with Gasteiger partial charge in [0.1, 0.15) is 5.82 Å². The van der Waals surface area contributed by atoms with Crippen LogP contribution in [0.25, 0.3) is 0 Å². The monoisotopic (exact) mass is 303 g/mol. The van der Waals surface area contributed by atoms with E-state index >= 15 is 0 Å². The molecule has 0 atom stereocenters. The summed E-state index contributed by atoms with van der Waals surface area (Å²) in [6, 6.07) is 5.05. The lowest BCUT2D eigenvalue weighted by molar-refractivity contribution is 0.133. The summed E-state index contributed by atoms with van der Waals surface area (Å²) in [4.78, 5) is 0. The first-order valence-corrected chi connectivity index (χ1v) is 6.75. The fraction of sp³-hybridized carbons (Fsp3) is 0.538. The van der Waals surface area contributed by atoms with Crippen LogP contribution in [0.1, 0.15) is 25.3 Å². The number of halogens is 2. The Morgan fingerprint density at radius 2 is 2.18 bits per heavy atom. The molecular formula is C13H19BrFNO. The Bertz CT molecular complexity index is 333. The predicted octanol–water partition coefficient (Wildman–Crippen LogP) is 3.49. The highest BCUT2D eigenvalue weighted by atomic mass is 79.9. The third kappa shape index (κ3) is 6.15. The largest absolute Gasteiger partial charge is 0.380 e. The van der Waals surface area contributed by atoms with Gasteiger partial charge >= 0.3 is 0 Å². The summed E-state index contributed by atoms with van der Waals surface area (Å²) < 4.78 is 18.9. The van der Waals surface area contributed by atoms with E-state index in [0.29, 0.717) is 4.47 Å². The molecule has 0 spiro atoms. The quantitative estimate of drug-likeness (QED) is 0.742. The Kier molecular flexibility index (Phi) is 7.40. The topological polar surface area (TPSA) is 21.3 Å². The third-order valence-electron chi connectivity index (χ3n) is 2.38. The molecular weight excluding hydrogens is 285 g/mol. The van der Waals surface area contributed by atoms with E-state index in [0.717, 1.165) is 44.7 Å². The van der Waals surface area contributed by atoms with Crippen LogP contribution in [0.2, 0.25) is 0 Å². The van der Waals surface area contributed by atoms with Crippen LogP contribution < -0.4 is 5.32 Å². The van der Waals surface area contributed by atoms with Crippen LogP contribution in [0, 0.1) is 5.82 Å². The second-order valence-electron chi connectivity index (χ2n) is 3.89. The van der Waals surface area contributed by atoms with Gasteiger partial charge in [-0.05, 0) is 40.0 Å². The molecule has 1 rings (SSSR count). The fourth-order valence-corrected chi connectivity index (χ4v) is 1.80. The SMILES string of the molecule is CCCCOCCNCc1ccc(F)c(Br)c1. The Hall–Kier alpha value is -0.450. The molecule has 0 bridgehead atoms. The number of rotatable bonds is 8. The van der Waals surface area contributed by atoms with E-state index in [2.05, 4.69) is 28.2 Å². The molecule has 0 unspecified atom stereocenters. The van der Waals surface area contributed by atoms with Gasteiger partial charge in [0, 0.05) is 19.7 Å². The lowest BCUT2D eigenvalue weighted by Crippen LogP contribution is -2.19. The van der Waals surface area contributed by atoms with Gasteiger partial charge in [-0.1, -0.05) is 19.4 Å². The van der Waals surface area contributed by atoms with Crippen LogP contribution in [-0.4, -0.2) is 19.8 Å². The fourth-order valence-electron chi connectivity index (χ4n) is 1.38. The van der Waals surface area contributed by atoms with Crippen molar-refractivity contribution >= 4 is 15.9 Å². The molecule has 2 nitrogen and oxygen atoms in total. The zero-order chi connectivity index (χ0) is 12.5. The number of unbranched alkanes of at least 4 members (excludes halogenated alkanes) is 1. The van der Waals surface area contributed by atoms with E-state index in [1.807, 2.05) is 0 Å². The molecule has 1 N–H and O–H groups in total. The van der Waals surface area contributed by atoms with Crippen molar-refractivity contribution in [1.29, 1.82) is 0 Å². The van der Waals surface area contributed by atoms with Gasteiger partial charge in [-0.15, -0.1) is 0 Å². The van der Waals surface area contributed by atoms with Crippen LogP contribution in [-0.2, 0) is 11.3 Å². The normalized spacial score (nSPS) is 10.8. The Morgan fingerprint density at radius 3 is 2.88 bits per heavy atom. The van der Waals surface area contributed by atoms with Crippen molar-refractivity contribution < 1.29 is 9.13 Å². The lowest BCUT2D eigenvalue weighted by atomic mass is 10.2. The van der Waals surface area contributed by atoms with Gasteiger partial charge in [0.05, 0.1) is 11.1 Å². The first-order valence-electron chi connectivity index (χ1n) is 5.96. The molecule has 4 heteroatoms. The minimum Gasteiger partial charge on any atom is -0.380 e. The summed E-state index contributed by atoms with van der Waals surface area (Å²) in [6.07, 6.45) is 2.28. The lowest BCUT2D eigenvalue weighted by Gasteiger charge is -2.06. The summed E-state index contributed by atoms with van der Waals surface area (Å²) in [5.74, 6) is -0.225. The minimum atomic E-state index is -0.225. The highest BCUT2D eigenvalue weighted by Crippen LogP contribution is 2.16. The first kappa shape index (κ1) is 14.6. The van der Waals surface area contributed by atoms with E-state index in [-0.39, 0.29) is 5.82 Å². The van der Waals surface area contributed by atoms with Crippen molar-refractivity contribution in [3.63, 3.8) is 0 Å². The first-order chi connectivity index (χ1) is 8.24. The van der Waals surface area contributed by atoms with E-state index in [9.17, 15) is 4.39 Å². The van der Waals surface area contributed by atoms with Gasteiger partial charge in [-0.2, -0.15) is 0 Å². The highest BCUT2D eigenvalue weighted by Gasteiger charge is 1.99. The molecule has 0 aliphatic rings. The van der Waals surface area contributed by atoms with Crippen LogP contribution in [0.3, 0.4) is 0 Å². The standard InChI is InChI=1S/C13H19BrFNO/c1-2-3-7-17-8-6-16-10-11-4-5-13(15)12(14)9-11/h4-5,9,16H,2-3,6-8,10H2,1H3. The number of ether oxygens (including phenoxy) is 1.